The second kappa shape index (κ2) is 9.94. The first-order chi connectivity index (χ1) is 17.6. The molecule has 0 spiro atoms. The van der Waals surface area contributed by atoms with Crippen molar-refractivity contribution in [3.8, 4) is 0 Å². The molecule has 0 bridgehead atoms. The Morgan fingerprint density at radius 3 is 2.47 bits per heavy atom. The normalized spacial score (nSPS) is 40.2. The van der Waals surface area contributed by atoms with E-state index in [9.17, 15) is 14.7 Å². The van der Waals surface area contributed by atoms with Crippen LogP contribution in [0.15, 0.2) is 35.5 Å². The largest absolute Gasteiger partial charge is 0.464 e. The molecule has 38 heavy (non-hydrogen) atoms. The Hall–Kier alpha value is -1.88. The van der Waals surface area contributed by atoms with Gasteiger partial charge in [0.15, 0.2) is 0 Å². The summed E-state index contributed by atoms with van der Waals surface area (Å²) in [5.74, 6) is 0.513. The number of aliphatic hydroxyl groups is 1. The molecule has 0 aromatic rings. The number of rotatable bonds is 8. The van der Waals surface area contributed by atoms with Gasteiger partial charge in [0.25, 0.3) is 6.47 Å². The van der Waals surface area contributed by atoms with Gasteiger partial charge >= 0.3 is 5.97 Å². The minimum atomic E-state index is -0.402. The SMILES string of the molecule is C=C(CC[C@H](OC=O)[C@H]1C[C@H](OC(C)=O)[C@@]2(C)C3=CC[C@H]4C(C)(C)[C@@H](O)CC[C@]4(C)C3=CC[C@]12C)C(C)C. The van der Waals surface area contributed by atoms with E-state index < -0.39 is 5.41 Å². The molecule has 0 unspecified atom stereocenters. The number of esters is 1. The summed E-state index contributed by atoms with van der Waals surface area (Å²) in [7, 11) is 0. The highest BCUT2D eigenvalue weighted by atomic mass is 16.5. The second-order valence-electron chi connectivity index (χ2n) is 14.2. The molecule has 0 aliphatic heterocycles. The zero-order chi connectivity index (χ0) is 28.3. The third-order valence-electron chi connectivity index (χ3n) is 11.9. The molecule has 5 nitrogen and oxygen atoms in total. The van der Waals surface area contributed by atoms with E-state index in [1.165, 1.54) is 18.1 Å². The van der Waals surface area contributed by atoms with Crippen LogP contribution in [0, 0.1) is 39.4 Å². The van der Waals surface area contributed by atoms with Gasteiger partial charge in [-0.1, -0.05) is 72.8 Å². The zero-order valence-corrected chi connectivity index (χ0v) is 24.9. The van der Waals surface area contributed by atoms with E-state index in [0.29, 0.717) is 24.7 Å². The van der Waals surface area contributed by atoms with Gasteiger partial charge in [0.05, 0.1) is 6.10 Å². The maximum Gasteiger partial charge on any atom is 0.302 e. The van der Waals surface area contributed by atoms with Gasteiger partial charge in [-0.05, 0) is 84.2 Å². The van der Waals surface area contributed by atoms with Crippen LogP contribution in [0.4, 0.5) is 0 Å². The lowest BCUT2D eigenvalue weighted by Gasteiger charge is -2.61. The number of aliphatic hydroxyl groups excluding tert-OH is 1. The van der Waals surface area contributed by atoms with Gasteiger partial charge in [0, 0.05) is 18.3 Å². The van der Waals surface area contributed by atoms with E-state index >= 15 is 0 Å². The molecule has 8 atom stereocenters. The Labute approximate surface area is 230 Å². The van der Waals surface area contributed by atoms with Gasteiger partial charge in [-0.25, -0.2) is 0 Å². The smallest absolute Gasteiger partial charge is 0.302 e. The zero-order valence-electron chi connectivity index (χ0n) is 24.9. The van der Waals surface area contributed by atoms with Gasteiger partial charge in [0.2, 0.25) is 0 Å². The minimum absolute atomic E-state index is 0.0380. The lowest BCUT2D eigenvalue weighted by Crippen LogP contribution is -2.56. The predicted octanol–water partition coefficient (Wildman–Crippen LogP) is 6.95. The molecule has 0 saturated heterocycles. The van der Waals surface area contributed by atoms with Crippen LogP contribution < -0.4 is 0 Å². The first-order valence-electron chi connectivity index (χ1n) is 14.7. The van der Waals surface area contributed by atoms with Gasteiger partial charge < -0.3 is 14.6 Å². The Morgan fingerprint density at radius 2 is 1.87 bits per heavy atom. The van der Waals surface area contributed by atoms with Crippen LogP contribution in [0.5, 0.6) is 0 Å². The van der Waals surface area contributed by atoms with Gasteiger partial charge in [-0.2, -0.15) is 0 Å². The van der Waals surface area contributed by atoms with Crippen LogP contribution in [0.25, 0.3) is 0 Å². The molecule has 4 aliphatic carbocycles. The van der Waals surface area contributed by atoms with Gasteiger partial charge in [-0.3, -0.25) is 9.59 Å². The second-order valence-corrected chi connectivity index (χ2v) is 14.2. The molecule has 4 rings (SSSR count). The van der Waals surface area contributed by atoms with Crippen molar-refractivity contribution in [2.45, 2.75) is 119 Å². The monoisotopic (exact) mass is 526 g/mol. The molecule has 5 heteroatoms. The topological polar surface area (TPSA) is 72.8 Å². The highest BCUT2D eigenvalue weighted by Crippen LogP contribution is 2.72. The Bertz CT molecular complexity index is 1040. The number of hydrogen-bond donors (Lipinski definition) is 1. The van der Waals surface area contributed by atoms with E-state index in [2.05, 4.69) is 67.2 Å². The molecule has 0 heterocycles. The molecule has 0 aromatic carbocycles. The molecule has 2 fully saturated rings. The molecule has 0 amide bonds. The van der Waals surface area contributed by atoms with Crippen molar-refractivity contribution < 1.29 is 24.2 Å². The fraction of sp³-hybridized carbons (Fsp3) is 0.758. The van der Waals surface area contributed by atoms with E-state index in [1.54, 1.807) is 0 Å². The van der Waals surface area contributed by atoms with E-state index in [-0.39, 0.29) is 46.4 Å². The number of allylic oxidation sites excluding steroid dienone is 4. The molecule has 4 aliphatic rings. The van der Waals surface area contributed by atoms with Crippen molar-refractivity contribution in [3.63, 3.8) is 0 Å². The van der Waals surface area contributed by atoms with E-state index in [4.69, 9.17) is 9.47 Å². The summed E-state index contributed by atoms with van der Waals surface area (Å²) in [6.07, 6.45) is 9.67. The molecular formula is C33H50O5. The Balaban J connectivity index is 1.78. The summed E-state index contributed by atoms with van der Waals surface area (Å²) in [6.45, 7) is 22.0. The fourth-order valence-electron chi connectivity index (χ4n) is 9.03. The van der Waals surface area contributed by atoms with Gasteiger partial charge in [0.1, 0.15) is 12.2 Å². The van der Waals surface area contributed by atoms with Crippen molar-refractivity contribution >= 4 is 12.4 Å². The third-order valence-corrected chi connectivity index (χ3v) is 11.9. The molecule has 0 aromatic heterocycles. The number of fused-ring (bicyclic) bond motifs is 5. The fourth-order valence-corrected chi connectivity index (χ4v) is 9.03. The molecule has 2 saturated carbocycles. The first-order valence-corrected chi connectivity index (χ1v) is 14.7. The predicted molar refractivity (Wildman–Crippen MR) is 150 cm³/mol. The molecule has 0 radical (unpaired) electrons. The maximum atomic E-state index is 12.4. The molecule has 1 N–H and O–H groups in total. The molecular weight excluding hydrogens is 476 g/mol. The van der Waals surface area contributed by atoms with Crippen molar-refractivity contribution in [3.05, 3.63) is 35.5 Å². The molecule has 212 valence electrons. The number of carbonyl (C=O) groups is 2. The standard InChI is InChI=1S/C33H50O5/c1-20(2)21(3)10-12-26(37-19-34)25-18-29(38-22(4)35)33(9)24-11-13-27-30(5,6)28(36)15-16-31(27,7)23(24)14-17-32(25,33)8/h11,14,19-20,25-29,36H,3,10,12-13,15-18H2,1-2,4-9H3/t25-,26+,27+,28+,29+,31-,32-,33-/m1/s1. The Morgan fingerprint density at radius 1 is 1.18 bits per heavy atom. The van der Waals surface area contributed by atoms with Crippen LogP contribution in [0.1, 0.15) is 100 Å². The van der Waals surface area contributed by atoms with Crippen LogP contribution in [0.2, 0.25) is 0 Å². The lowest BCUT2D eigenvalue weighted by molar-refractivity contribution is -0.152. The summed E-state index contributed by atoms with van der Waals surface area (Å²) in [4.78, 5) is 24.1. The lowest BCUT2D eigenvalue weighted by atomic mass is 9.44. The summed E-state index contributed by atoms with van der Waals surface area (Å²) in [5, 5.41) is 10.9. The van der Waals surface area contributed by atoms with E-state index in [0.717, 1.165) is 44.1 Å². The summed E-state index contributed by atoms with van der Waals surface area (Å²) < 4.78 is 12.0. The van der Waals surface area contributed by atoms with Crippen LogP contribution in [-0.4, -0.2) is 35.9 Å². The van der Waals surface area contributed by atoms with Crippen molar-refractivity contribution in [2.75, 3.05) is 0 Å². The van der Waals surface area contributed by atoms with Crippen LogP contribution in [-0.2, 0) is 19.1 Å². The summed E-state index contributed by atoms with van der Waals surface area (Å²) in [6, 6.07) is 0. The first kappa shape index (κ1) is 29.1. The van der Waals surface area contributed by atoms with E-state index in [1.807, 2.05) is 0 Å². The van der Waals surface area contributed by atoms with Crippen molar-refractivity contribution in [1.82, 2.24) is 0 Å². The summed E-state index contributed by atoms with van der Waals surface area (Å²) >= 11 is 0. The number of ether oxygens (including phenoxy) is 2. The highest BCUT2D eigenvalue weighted by Gasteiger charge is 2.68. The number of carbonyl (C=O) groups excluding carboxylic acids is 2. The average Bonchev–Trinajstić information content (AvgIpc) is 3.06. The third kappa shape index (κ3) is 4.22. The van der Waals surface area contributed by atoms with Crippen LogP contribution >= 0.6 is 0 Å². The maximum absolute atomic E-state index is 12.4. The van der Waals surface area contributed by atoms with Gasteiger partial charge in [-0.15, -0.1) is 0 Å². The minimum Gasteiger partial charge on any atom is -0.464 e. The highest BCUT2D eigenvalue weighted by molar-refractivity contribution is 5.66. The summed E-state index contributed by atoms with van der Waals surface area (Å²) in [5.41, 5.74) is 2.99. The Kier molecular flexibility index (Phi) is 7.62. The number of hydrogen-bond acceptors (Lipinski definition) is 5. The van der Waals surface area contributed by atoms with Crippen molar-refractivity contribution in [1.29, 1.82) is 0 Å². The quantitative estimate of drug-likeness (QED) is 0.210. The van der Waals surface area contributed by atoms with Crippen LogP contribution in [0.3, 0.4) is 0 Å². The van der Waals surface area contributed by atoms with Crippen molar-refractivity contribution in [2.24, 2.45) is 39.4 Å². The average molecular weight is 527 g/mol.